The molecule has 0 aliphatic heterocycles. The van der Waals surface area contributed by atoms with Crippen LogP contribution in [0.5, 0.6) is 0 Å². The fraction of sp³-hybridized carbons (Fsp3) is 0.286. The number of rotatable bonds is 1. The lowest BCUT2D eigenvalue weighted by Crippen LogP contribution is -1.85. The second kappa shape index (κ2) is 4.69. The van der Waals surface area contributed by atoms with Gasteiger partial charge >= 0.3 is 0 Å². The lowest BCUT2D eigenvalue weighted by Gasteiger charge is -1.83. The Morgan fingerprint density at radius 1 is 1.20 bits per heavy atom. The summed E-state index contributed by atoms with van der Waals surface area (Å²) in [5.74, 6) is 12.5. The predicted octanol–water partition coefficient (Wildman–Crippen LogP) is 1.67. The SMILES string of the molecule is OC[C@@H]1C[C@H]1C#CC#Cc1ccccc1. The largest absolute Gasteiger partial charge is 0.396 e. The molecule has 1 aliphatic rings. The first-order valence-electron chi connectivity index (χ1n) is 5.07. The van der Waals surface area contributed by atoms with E-state index in [1.165, 1.54) is 0 Å². The van der Waals surface area contributed by atoms with Gasteiger partial charge in [0.1, 0.15) is 0 Å². The van der Waals surface area contributed by atoms with E-state index in [4.69, 9.17) is 5.11 Å². The molecule has 74 valence electrons. The predicted molar refractivity (Wildman–Crippen MR) is 59.8 cm³/mol. The van der Waals surface area contributed by atoms with Crippen LogP contribution in [-0.2, 0) is 0 Å². The summed E-state index contributed by atoms with van der Waals surface area (Å²) < 4.78 is 0. The minimum absolute atomic E-state index is 0.255. The lowest BCUT2D eigenvalue weighted by atomic mass is 10.2. The monoisotopic (exact) mass is 196 g/mol. The highest BCUT2D eigenvalue weighted by Crippen LogP contribution is 2.36. The van der Waals surface area contributed by atoms with E-state index in [1.807, 2.05) is 30.3 Å². The highest BCUT2D eigenvalue weighted by Gasteiger charge is 2.34. The third kappa shape index (κ3) is 2.88. The quantitative estimate of drug-likeness (QED) is 0.677. The maximum Gasteiger partial charge on any atom is 0.0471 e. The number of aliphatic hydroxyl groups excluding tert-OH is 1. The zero-order chi connectivity index (χ0) is 10.5. The van der Waals surface area contributed by atoms with Crippen molar-refractivity contribution in [2.45, 2.75) is 6.42 Å². The van der Waals surface area contributed by atoms with Crippen molar-refractivity contribution in [1.82, 2.24) is 0 Å². The van der Waals surface area contributed by atoms with Crippen molar-refractivity contribution in [3.05, 3.63) is 35.9 Å². The maximum absolute atomic E-state index is 8.81. The maximum atomic E-state index is 8.81. The molecule has 1 N–H and O–H groups in total. The molecular weight excluding hydrogens is 184 g/mol. The Labute approximate surface area is 90.1 Å². The molecule has 0 unspecified atom stereocenters. The summed E-state index contributed by atoms with van der Waals surface area (Å²) >= 11 is 0. The summed E-state index contributed by atoms with van der Waals surface area (Å²) in [5.41, 5.74) is 0.987. The first-order valence-corrected chi connectivity index (χ1v) is 5.07. The molecular formula is C14H12O. The standard InChI is InChI=1S/C14H12O/c15-11-14-10-13(14)9-5-4-8-12-6-2-1-3-7-12/h1-3,6-7,13-15H,10-11H2/t13-,14+/m1/s1. The molecule has 0 radical (unpaired) electrons. The fourth-order valence-corrected chi connectivity index (χ4v) is 1.38. The Hall–Kier alpha value is -1.70. The topological polar surface area (TPSA) is 20.2 Å². The van der Waals surface area contributed by atoms with Crippen molar-refractivity contribution in [2.75, 3.05) is 6.61 Å². The average molecular weight is 196 g/mol. The van der Waals surface area contributed by atoms with Crippen molar-refractivity contribution in [2.24, 2.45) is 11.8 Å². The van der Waals surface area contributed by atoms with Gasteiger partial charge in [-0.25, -0.2) is 0 Å². The molecule has 0 bridgehead atoms. The van der Waals surface area contributed by atoms with Gasteiger partial charge in [-0.1, -0.05) is 30.0 Å². The van der Waals surface area contributed by atoms with Crippen molar-refractivity contribution in [1.29, 1.82) is 0 Å². The molecule has 0 spiro atoms. The Bertz CT molecular complexity index is 439. The van der Waals surface area contributed by atoms with E-state index in [1.54, 1.807) is 0 Å². The van der Waals surface area contributed by atoms with Crippen molar-refractivity contribution < 1.29 is 5.11 Å². The molecule has 0 saturated heterocycles. The van der Waals surface area contributed by atoms with E-state index in [-0.39, 0.29) is 6.61 Å². The third-order valence-corrected chi connectivity index (χ3v) is 2.46. The lowest BCUT2D eigenvalue weighted by molar-refractivity contribution is 0.273. The van der Waals surface area contributed by atoms with Gasteiger partial charge in [0.25, 0.3) is 0 Å². The summed E-state index contributed by atoms with van der Waals surface area (Å²) in [6.45, 7) is 0.255. The fourth-order valence-electron chi connectivity index (χ4n) is 1.38. The van der Waals surface area contributed by atoms with Gasteiger partial charge in [0.2, 0.25) is 0 Å². The molecule has 1 saturated carbocycles. The summed E-state index contributed by atoms with van der Waals surface area (Å²) in [6, 6.07) is 9.80. The Morgan fingerprint density at radius 3 is 2.67 bits per heavy atom. The van der Waals surface area contributed by atoms with Crippen molar-refractivity contribution in [3.8, 4) is 23.7 Å². The van der Waals surface area contributed by atoms with Crippen LogP contribution in [0.4, 0.5) is 0 Å². The smallest absolute Gasteiger partial charge is 0.0471 e. The van der Waals surface area contributed by atoms with Gasteiger partial charge in [-0.15, -0.1) is 0 Å². The van der Waals surface area contributed by atoms with E-state index >= 15 is 0 Å². The minimum Gasteiger partial charge on any atom is -0.396 e. The van der Waals surface area contributed by atoms with Gasteiger partial charge in [-0.05, 0) is 36.3 Å². The van der Waals surface area contributed by atoms with E-state index < -0.39 is 0 Å². The summed E-state index contributed by atoms with van der Waals surface area (Å²) in [5, 5.41) is 8.81. The summed E-state index contributed by atoms with van der Waals surface area (Å²) in [7, 11) is 0. The minimum atomic E-state index is 0.255. The van der Waals surface area contributed by atoms with Crippen LogP contribution in [0.1, 0.15) is 12.0 Å². The van der Waals surface area contributed by atoms with E-state index in [0.717, 1.165) is 12.0 Å². The van der Waals surface area contributed by atoms with Crippen LogP contribution in [0.25, 0.3) is 0 Å². The van der Waals surface area contributed by atoms with Gasteiger partial charge in [0.15, 0.2) is 0 Å². The summed E-state index contributed by atoms with van der Waals surface area (Å²) in [4.78, 5) is 0. The van der Waals surface area contributed by atoms with Crippen molar-refractivity contribution in [3.63, 3.8) is 0 Å². The second-order valence-corrected chi connectivity index (χ2v) is 3.67. The van der Waals surface area contributed by atoms with Crippen molar-refractivity contribution >= 4 is 0 Å². The van der Waals surface area contributed by atoms with E-state index in [9.17, 15) is 0 Å². The molecule has 15 heavy (non-hydrogen) atoms. The Balaban J connectivity index is 1.91. The molecule has 0 heterocycles. The Morgan fingerprint density at radius 2 is 2.00 bits per heavy atom. The Kier molecular flexibility index (Phi) is 3.08. The molecule has 1 heteroatoms. The zero-order valence-electron chi connectivity index (χ0n) is 8.40. The zero-order valence-corrected chi connectivity index (χ0v) is 8.40. The van der Waals surface area contributed by atoms with Crippen LogP contribution in [0.2, 0.25) is 0 Å². The van der Waals surface area contributed by atoms with Crippen LogP contribution in [0.15, 0.2) is 30.3 Å². The molecule has 0 aromatic heterocycles. The van der Waals surface area contributed by atoms with Crippen LogP contribution < -0.4 is 0 Å². The van der Waals surface area contributed by atoms with Crippen LogP contribution >= 0.6 is 0 Å². The molecule has 1 aliphatic carbocycles. The molecule has 2 atom stereocenters. The second-order valence-electron chi connectivity index (χ2n) is 3.67. The number of benzene rings is 1. The van der Waals surface area contributed by atoms with Crippen LogP contribution in [0.3, 0.4) is 0 Å². The molecule has 1 aromatic carbocycles. The van der Waals surface area contributed by atoms with E-state index in [2.05, 4.69) is 23.7 Å². The normalized spacial score (nSPS) is 21.9. The van der Waals surface area contributed by atoms with Gasteiger partial charge in [-0.3, -0.25) is 0 Å². The van der Waals surface area contributed by atoms with Crippen LogP contribution in [-0.4, -0.2) is 11.7 Å². The highest BCUT2D eigenvalue weighted by atomic mass is 16.3. The molecule has 1 aromatic rings. The third-order valence-electron chi connectivity index (χ3n) is 2.46. The number of aliphatic hydroxyl groups is 1. The van der Waals surface area contributed by atoms with E-state index in [0.29, 0.717) is 11.8 Å². The first kappa shape index (κ1) is 9.84. The average Bonchev–Trinajstić information content (AvgIpc) is 3.05. The molecule has 1 nitrogen and oxygen atoms in total. The number of hydrogen-bond acceptors (Lipinski definition) is 1. The molecule has 0 amide bonds. The molecule has 1 fully saturated rings. The summed E-state index contributed by atoms with van der Waals surface area (Å²) in [6.07, 6.45) is 1.02. The number of hydrogen-bond donors (Lipinski definition) is 1. The first-order chi connectivity index (χ1) is 7.40. The van der Waals surface area contributed by atoms with Gasteiger partial charge in [0.05, 0.1) is 0 Å². The highest BCUT2D eigenvalue weighted by molar-refractivity contribution is 5.40. The van der Waals surface area contributed by atoms with Gasteiger partial charge < -0.3 is 5.11 Å². The molecule has 2 rings (SSSR count). The van der Waals surface area contributed by atoms with Gasteiger partial charge in [0, 0.05) is 18.1 Å². The van der Waals surface area contributed by atoms with Crippen LogP contribution in [0, 0.1) is 35.5 Å². The van der Waals surface area contributed by atoms with Gasteiger partial charge in [-0.2, -0.15) is 0 Å².